The zero-order chi connectivity index (χ0) is 15.4. The summed E-state index contributed by atoms with van der Waals surface area (Å²) in [6, 6.07) is 9.56. The molecule has 1 atom stereocenters. The molecule has 1 unspecified atom stereocenters. The molecule has 1 aromatic rings. The van der Waals surface area contributed by atoms with Gasteiger partial charge < -0.3 is 0 Å². The number of nitrogens with one attached hydrogen (secondary N) is 1. The maximum Gasteiger partial charge on any atom is 0.212 e. The Kier molecular flexibility index (Phi) is 5.78. The van der Waals surface area contributed by atoms with Gasteiger partial charge in [0, 0.05) is 0 Å². The largest absolute Gasteiger partial charge is 0.212 e. The van der Waals surface area contributed by atoms with Crippen LogP contribution in [-0.2, 0) is 10.0 Å². The van der Waals surface area contributed by atoms with Gasteiger partial charge in [0.05, 0.1) is 11.8 Å². The lowest BCUT2D eigenvalue weighted by molar-refractivity contribution is 0.304. The summed E-state index contributed by atoms with van der Waals surface area (Å²) in [5, 5.41) is 0. The summed E-state index contributed by atoms with van der Waals surface area (Å²) in [4.78, 5) is 0. The third-order valence-corrected chi connectivity index (χ3v) is 4.63. The van der Waals surface area contributed by atoms with Crippen molar-refractivity contribution in [3.05, 3.63) is 35.9 Å². The SMILES string of the molecule is CC(C)CCS(=O)(=O)NC(c1ccccc1)C(C)(C)C. The minimum Gasteiger partial charge on any atom is -0.212 e. The molecule has 1 N–H and O–H groups in total. The van der Waals surface area contributed by atoms with E-state index >= 15 is 0 Å². The van der Waals surface area contributed by atoms with Gasteiger partial charge in [-0.1, -0.05) is 65.0 Å². The average Bonchev–Trinajstić information content (AvgIpc) is 2.34. The molecule has 0 aliphatic rings. The number of sulfonamides is 1. The van der Waals surface area contributed by atoms with E-state index in [0.717, 1.165) is 5.56 Å². The van der Waals surface area contributed by atoms with E-state index < -0.39 is 10.0 Å². The van der Waals surface area contributed by atoms with Crippen molar-refractivity contribution < 1.29 is 8.42 Å². The summed E-state index contributed by atoms with van der Waals surface area (Å²) in [7, 11) is -3.26. The highest BCUT2D eigenvalue weighted by Crippen LogP contribution is 2.33. The van der Waals surface area contributed by atoms with Crippen LogP contribution in [0.15, 0.2) is 30.3 Å². The average molecular weight is 297 g/mol. The highest BCUT2D eigenvalue weighted by Gasteiger charge is 2.30. The molecule has 4 heteroatoms. The van der Waals surface area contributed by atoms with Gasteiger partial charge in [0.15, 0.2) is 0 Å². The second-order valence-corrected chi connectivity index (χ2v) is 8.70. The van der Waals surface area contributed by atoms with E-state index in [1.54, 1.807) is 0 Å². The first-order valence-corrected chi connectivity index (χ1v) is 8.82. The van der Waals surface area contributed by atoms with Gasteiger partial charge in [0.25, 0.3) is 0 Å². The molecular weight excluding hydrogens is 270 g/mol. The van der Waals surface area contributed by atoms with Gasteiger partial charge in [0.2, 0.25) is 10.0 Å². The number of benzene rings is 1. The van der Waals surface area contributed by atoms with Gasteiger partial charge in [-0.15, -0.1) is 0 Å². The van der Waals surface area contributed by atoms with Crippen LogP contribution in [0.5, 0.6) is 0 Å². The lowest BCUT2D eigenvalue weighted by atomic mass is 9.83. The molecule has 0 radical (unpaired) electrons. The van der Waals surface area contributed by atoms with Crippen molar-refractivity contribution in [1.82, 2.24) is 4.72 Å². The number of hydrogen-bond donors (Lipinski definition) is 1. The summed E-state index contributed by atoms with van der Waals surface area (Å²) in [5.74, 6) is 0.570. The van der Waals surface area contributed by atoms with Crippen molar-refractivity contribution in [3.8, 4) is 0 Å². The summed E-state index contributed by atoms with van der Waals surface area (Å²) < 4.78 is 27.4. The van der Waals surface area contributed by atoms with Gasteiger partial charge in [-0.2, -0.15) is 0 Å². The molecule has 0 fully saturated rings. The zero-order valence-electron chi connectivity index (χ0n) is 13.2. The van der Waals surface area contributed by atoms with Crippen molar-refractivity contribution in [2.45, 2.75) is 47.1 Å². The van der Waals surface area contributed by atoms with Crippen LogP contribution in [-0.4, -0.2) is 14.2 Å². The summed E-state index contributed by atoms with van der Waals surface area (Å²) >= 11 is 0. The summed E-state index contributed by atoms with van der Waals surface area (Å²) in [5.41, 5.74) is 0.833. The monoisotopic (exact) mass is 297 g/mol. The normalized spacial score (nSPS) is 14.5. The summed E-state index contributed by atoms with van der Waals surface area (Å²) in [6.45, 7) is 10.2. The van der Waals surface area contributed by atoms with Crippen LogP contribution in [0.3, 0.4) is 0 Å². The van der Waals surface area contributed by atoms with Crippen LogP contribution >= 0.6 is 0 Å². The van der Waals surface area contributed by atoms with E-state index in [-0.39, 0.29) is 17.2 Å². The quantitative estimate of drug-likeness (QED) is 0.869. The molecule has 1 aromatic carbocycles. The highest BCUT2D eigenvalue weighted by atomic mass is 32.2. The van der Waals surface area contributed by atoms with Gasteiger partial charge >= 0.3 is 0 Å². The molecule has 0 aliphatic carbocycles. The molecule has 0 saturated heterocycles. The third kappa shape index (κ3) is 5.63. The topological polar surface area (TPSA) is 46.2 Å². The third-order valence-electron chi connectivity index (χ3n) is 3.26. The molecule has 0 aromatic heterocycles. The van der Waals surface area contributed by atoms with Gasteiger partial charge in [-0.05, 0) is 23.3 Å². The summed E-state index contributed by atoms with van der Waals surface area (Å²) in [6.07, 6.45) is 0.682. The molecule has 0 aliphatic heterocycles. The number of hydrogen-bond acceptors (Lipinski definition) is 2. The van der Waals surface area contributed by atoms with Crippen molar-refractivity contribution >= 4 is 10.0 Å². The van der Waals surface area contributed by atoms with E-state index in [2.05, 4.69) is 25.5 Å². The van der Waals surface area contributed by atoms with Crippen molar-refractivity contribution in [1.29, 1.82) is 0 Å². The first-order chi connectivity index (χ1) is 9.12. The van der Waals surface area contributed by atoms with Gasteiger partial charge in [0.1, 0.15) is 0 Å². The number of rotatable bonds is 6. The second kappa shape index (κ2) is 6.72. The lowest BCUT2D eigenvalue weighted by Crippen LogP contribution is -2.38. The smallest absolute Gasteiger partial charge is 0.212 e. The zero-order valence-corrected chi connectivity index (χ0v) is 14.0. The fourth-order valence-electron chi connectivity index (χ4n) is 2.02. The highest BCUT2D eigenvalue weighted by molar-refractivity contribution is 7.89. The fraction of sp³-hybridized carbons (Fsp3) is 0.625. The standard InChI is InChI=1S/C16H27NO2S/c1-13(2)11-12-20(18,19)17-15(16(3,4)5)14-9-7-6-8-10-14/h6-10,13,15,17H,11-12H2,1-5H3. The van der Waals surface area contributed by atoms with Crippen molar-refractivity contribution in [3.63, 3.8) is 0 Å². The predicted octanol–water partition coefficient (Wildman–Crippen LogP) is 3.74. The van der Waals surface area contributed by atoms with Crippen LogP contribution in [0.2, 0.25) is 0 Å². The Labute approximate surface area is 123 Å². The van der Waals surface area contributed by atoms with Crippen LogP contribution in [0.25, 0.3) is 0 Å². The van der Waals surface area contributed by atoms with Crippen LogP contribution in [0.1, 0.15) is 52.6 Å². The Hall–Kier alpha value is -0.870. The minimum atomic E-state index is -3.26. The van der Waals surface area contributed by atoms with Crippen LogP contribution < -0.4 is 4.72 Å². The molecule has 20 heavy (non-hydrogen) atoms. The molecule has 0 heterocycles. The molecule has 114 valence electrons. The Bertz CT molecular complexity index is 501. The van der Waals surface area contributed by atoms with E-state index in [9.17, 15) is 8.42 Å². The molecule has 0 amide bonds. The maximum atomic E-state index is 12.3. The first kappa shape index (κ1) is 17.2. The lowest BCUT2D eigenvalue weighted by Gasteiger charge is -2.31. The van der Waals surface area contributed by atoms with E-state index in [1.807, 2.05) is 44.2 Å². The molecule has 3 nitrogen and oxygen atoms in total. The van der Waals surface area contributed by atoms with Crippen molar-refractivity contribution in [2.75, 3.05) is 5.75 Å². The van der Waals surface area contributed by atoms with Crippen LogP contribution in [0, 0.1) is 11.3 Å². The molecule has 0 saturated carbocycles. The van der Waals surface area contributed by atoms with Crippen molar-refractivity contribution in [2.24, 2.45) is 11.3 Å². The van der Waals surface area contributed by atoms with E-state index in [1.165, 1.54) is 0 Å². The molecular formula is C16H27NO2S. The van der Waals surface area contributed by atoms with Gasteiger partial charge in [-0.25, -0.2) is 13.1 Å². The predicted molar refractivity (Wildman–Crippen MR) is 85.0 cm³/mol. The Morgan fingerprint density at radius 3 is 2.10 bits per heavy atom. The fourth-order valence-corrected chi connectivity index (χ4v) is 3.77. The molecule has 1 rings (SSSR count). The maximum absolute atomic E-state index is 12.3. The van der Waals surface area contributed by atoms with E-state index in [4.69, 9.17) is 0 Å². The Balaban J connectivity index is 2.92. The second-order valence-electron chi connectivity index (χ2n) is 6.83. The first-order valence-electron chi connectivity index (χ1n) is 7.17. The van der Waals surface area contributed by atoms with E-state index in [0.29, 0.717) is 12.3 Å². The Morgan fingerprint density at radius 2 is 1.65 bits per heavy atom. The molecule has 0 bridgehead atoms. The molecule has 0 spiro atoms. The Morgan fingerprint density at radius 1 is 1.10 bits per heavy atom. The van der Waals surface area contributed by atoms with Crippen LogP contribution in [0.4, 0.5) is 0 Å². The van der Waals surface area contributed by atoms with Gasteiger partial charge in [-0.3, -0.25) is 0 Å². The minimum absolute atomic E-state index is 0.174.